The van der Waals surface area contributed by atoms with Crippen molar-refractivity contribution in [2.24, 2.45) is 5.92 Å². The molecule has 2 fully saturated rings. The van der Waals surface area contributed by atoms with E-state index in [0.717, 1.165) is 31.2 Å². The van der Waals surface area contributed by atoms with Crippen LogP contribution in [0.1, 0.15) is 50.7 Å². The molecule has 1 aromatic carbocycles. The van der Waals surface area contributed by atoms with Gasteiger partial charge in [-0.1, -0.05) is 31.9 Å². The number of hydroxylamine groups is 2. The number of carbonyl (C=O) groups excluding carboxylic acids is 1. The molecule has 0 radical (unpaired) electrons. The number of ether oxygens (including phenoxy) is 1. The number of nitriles is 1. The Morgan fingerprint density at radius 3 is 2.79 bits per heavy atom. The van der Waals surface area contributed by atoms with Gasteiger partial charge in [-0.25, -0.2) is 0 Å². The van der Waals surface area contributed by atoms with Crippen LogP contribution in [-0.4, -0.2) is 30.3 Å². The summed E-state index contributed by atoms with van der Waals surface area (Å²) in [4.78, 5) is 18.5. The molecule has 0 saturated carbocycles. The molecule has 0 spiro atoms. The second-order valence-corrected chi connectivity index (χ2v) is 6.55. The third-order valence-corrected chi connectivity index (χ3v) is 5.15. The van der Waals surface area contributed by atoms with Gasteiger partial charge in [0, 0.05) is 13.0 Å². The zero-order valence-electron chi connectivity index (χ0n) is 14.3. The molecule has 0 bridgehead atoms. The van der Waals surface area contributed by atoms with Gasteiger partial charge < -0.3 is 4.74 Å². The minimum atomic E-state index is -0.446. The Hall–Kier alpha value is -1.90. The summed E-state index contributed by atoms with van der Waals surface area (Å²) in [6.45, 7) is 4.96. The molecule has 0 unspecified atom stereocenters. The van der Waals surface area contributed by atoms with Crippen LogP contribution < -0.4 is 0 Å². The second kappa shape index (κ2) is 6.92. The van der Waals surface area contributed by atoms with Crippen molar-refractivity contribution in [2.45, 2.75) is 51.2 Å². The molecule has 2 saturated heterocycles. The topological polar surface area (TPSA) is 62.6 Å². The van der Waals surface area contributed by atoms with Crippen LogP contribution in [0.4, 0.5) is 0 Å². The zero-order chi connectivity index (χ0) is 17.2. The number of unbranched alkanes of at least 4 members (excludes halogenated alkanes) is 1. The normalized spacial score (nSPS) is 28.7. The zero-order valence-corrected chi connectivity index (χ0v) is 14.3. The van der Waals surface area contributed by atoms with Crippen molar-refractivity contribution in [2.75, 3.05) is 13.2 Å². The largest absolute Gasteiger partial charge is 0.466 e. The van der Waals surface area contributed by atoms with E-state index in [1.54, 1.807) is 0 Å². The van der Waals surface area contributed by atoms with Gasteiger partial charge in [-0.2, -0.15) is 10.3 Å². The second-order valence-electron chi connectivity index (χ2n) is 6.55. The first-order valence-electron chi connectivity index (χ1n) is 8.77. The van der Waals surface area contributed by atoms with Crippen LogP contribution in [0.5, 0.6) is 0 Å². The molecule has 2 heterocycles. The first-order valence-corrected chi connectivity index (χ1v) is 8.77. The maximum Gasteiger partial charge on any atom is 0.312 e. The summed E-state index contributed by atoms with van der Waals surface area (Å²) in [6, 6.07) is 9.65. The first-order chi connectivity index (χ1) is 11.7. The lowest BCUT2D eigenvalue weighted by molar-refractivity contribution is -0.269. The molecular weight excluding hydrogens is 304 g/mol. The standard InChI is InChI=1S/C19H24N2O3/c1-3-5-6-16-11-19(15-9-7-14(12-20)8-10-15)17(13-21(19)24-16)18(22)23-4-2/h7-10,16-17H,3-6,11,13H2,1-2H3/t16-,17+,19-/m1/s1. The number of carbonyl (C=O) groups is 1. The van der Waals surface area contributed by atoms with E-state index in [-0.39, 0.29) is 18.0 Å². The molecule has 2 aliphatic rings. The number of fused-ring (bicyclic) bond motifs is 1. The van der Waals surface area contributed by atoms with Gasteiger partial charge in [-0.05, 0) is 31.0 Å². The average Bonchev–Trinajstić information content (AvgIpc) is 2.86. The van der Waals surface area contributed by atoms with Gasteiger partial charge in [0.15, 0.2) is 0 Å². The first kappa shape index (κ1) is 16.9. The maximum atomic E-state index is 12.4. The smallest absolute Gasteiger partial charge is 0.312 e. The fourth-order valence-electron chi connectivity index (χ4n) is 3.88. The Balaban J connectivity index is 1.89. The Bertz CT molecular complexity index is 637. The van der Waals surface area contributed by atoms with Crippen LogP contribution in [0.3, 0.4) is 0 Å². The van der Waals surface area contributed by atoms with Gasteiger partial charge in [-0.15, -0.1) is 0 Å². The summed E-state index contributed by atoms with van der Waals surface area (Å²) in [6.07, 6.45) is 4.18. The summed E-state index contributed by atoms with van der Waals surface area (Å²) in [7, 11) is 0. The van der Waals surface area contributed by atoms with E-state index in [0.29, 0.717) is 18.7 Å². The van der Waals surface area contributed by atoms with Gasteiger partial charge in [0.25, 0.3) is 0 Å². The highest BCUT2D eigenvalue weighted by Crippen LogP contribution is 2.54. The van der Waals surface area contributed by atoms with E-state index in [2.05, 4.69) is 13.0 Å². The Morgan fingerprint density at radius 1 is 1.42 bits per heavy atom. The van der Waals surface area contributed by atoms with Gasteiger partial charge in [0.2, 0.25) is 0 Å². The lowest BCUT2D eigenvalue weighted by atomic mass is 9.68. The van der Waals surface area contributed by atoms with E-state index in [4.69, 9.17) is 14.8 Å². The number of hydrogen-bond donors (Lipinski definition) is 0. The third kappa shape index (κ3) is 2.70. The Kier molecular flexibility index (Phi) is 4.88. The molecule has 3 rings (SSSR count). The van der Waals surface area contributed by atoms with Gasteiger partial charge in [-0.3, -0.25) is 9.63 Å². The molecule has 0 aliphatic carbocycles. The van der Waals surface area contributed by atoms with Gasteiger partial charge >= 0.3 is 5.97 Å². The van der Waals surface area contributed by atoms with Crippen LogP contribution in [0, 0.1) is 17.2 Å². The number of benzene rings is 1. The SMILES string of the molecule is CCCC[C@@H]1C[C@@]2(c3ccc(C#N)cc3)[C@H](C(=O)OCC)CN2O1. The molecule has 5 heteroatoms. The summed E-state index contributed by atoms with van der Waals surface area (Å²) in [5.74, 6) is -0.366. The lowest BCUT2D eigenvalue weighted by Gasteiger charge is -2.51. The molecule has 128 valence electrons. The van der Waals surface area contributed by atoms with E-state index in [1.807, 2.05) is 36.3 Å². The highest BCUT2D eigenvalue weighted by molar-refractivity contribution is 5.76. The fourth-order valence-corrected chi connectivity index (χ4v) is 3.88. The van der Waals surface area contributed by atoms with Crippen LogP contribution in [0.25, 0.3) is 0 Å². The molecule has 0 amide bonds. The number of esters is 1. The van der Waals surface area contributed by atoms with E-state index < -0.39 is 5.54 Å². The summed E-state index contributed by atoms with van der Waals surface area (Å²) < 4.78 is 5.29. The van der Waals surface area contributed by atoms with Crippen LogP contribution in [-0.2, 0) is 19.9 Å². The van der Waals surface area contributed by atoms with E-state index in [9.17, 15) is 4.79 Å². The maximum absolute atomic E-state index is 12.4. The summed E-state index contributed by atoms with van der Waals surface area (Å²) >= 11 is 0. The summed E-state index contributed by atoms with van der Waals surface area (Å²) in [5.41, 5.74) is 1.21. The average molecular weight is 328 g/mol. The molecule has 24 heavy (non-hydrogen) atoms. The van der Waals surface area contributed by atoms with E-state index in [1.165, 1.54) is 0 Å². The summed E-state index contributed by atoms with van der Waals surface area (Å²) in [5, 5.41) is 11.0. The quantitative estimate of drug-likeness (QED) is 0.751. The van der Waals surface area contributed by atoms with Crippen molar-refractivity contribution < 1.29 is 14.4 Å². The molecule has 0 N–H and O–H groups in total. The predicted molar refractivity (Wildman–Crippen MR) is 88.7 cm³/mol. The third-order valence-electron chi connectivity index (χ3n) is 5.15. The molecular formula is C19H24N2O3. The monoisotopic (exact) mass is 328 g/mol. The van der Waals surface area contributed by atoms with Gasteiger partial charge in [0.1, 0.15) is 0 Å². The molecule has 0 aromatic heterocycles. The number of nitrogens with zero attached hydrogens (tertiary/aromatic N) is 2. The Morgan fingerprint density at radius 2 is 2.17 bits per heavy atom. The van der Waals surface area contributed by atoms with Crippen LogP contribution in [0.2, 0.25) is 0 Å². The highest BCUT2D eigenvalue weighted by Gasteiger charge is 2.64. The lowest BCUT2D eigenvalue weighted by Crippen LogP contribution is -2.63. The Labute approximate surface area is 143 Å². The van der Waals surface area contributed by atoms with E-state index >= 15 is 0 Å². The van der Waals surface area contributed by atoms with Crippen LogP contribution >= 0.6 is 0 Å². The van der Waals surface area contributed by atoms with Crippen molar-refractivity contribution >= 4 is 5.97 Å². The van der Waals surface area contributed by atoms with Crippen molar-refractivity contribution in [1.82, 2.24) is 5.06 Å². The van der Waals surface area contributed by atoms with Crippen molar-refractivity contribution in [3.63, 3.8) is 0 Å². The van der Waals surface area contributed by atoms with Crippen molar-refractivity contribution in [3.05, 3.63) is 35.4 Å². The predicted octanol–water partition coefficient (Wildman–Crippen LogP) is 3.14. The number of rotatable bonds is 6. The minimum absolute atomic E-state index is 0.139. The molecule has 5 nitrogen and oxygen atoms in total. The highest BCUT2D eigenvalue weighted by atomic mass is 16.7. The molecule has 3 atom stereocenters. The van der Waals surface area contributed by atoms with Crippen molar-refractivity contribution in [3.8, 4) is 6.07 Å². The number of hydrogen-bond acceptors (Lipinski definition) is 5. The van der Waals surface area contributed by atoms with Gasteiger partial charge in [0.05, 0.1) is 35.8 Å². The van der Waals surface area contributed by atoms with Crippen molar-refractivity contribution in [1.29, 1.82) is 5.26 Å². The molecule has 1 aromatic rings. The molecule has 2 aliphatic heterocycles. The van der Waals surface area contributed by atoms with Crippen LogP contribution in [0.15, 0.2) is 24.3 Å². The fraction of sp³-hybridized carbons (Fsp3) is 0.579. The minimum Gasteiger partial charge on any atom is -0.466 e.